The first kappa shape index (κ1) is 22.9. The number of carbonyl (C=O) groups excluding carboxylic acids is 1. The molecule has 156 valence electrons. The van der Waals surface area contributed by atoms with Crippen LogP contribution >= 0.6 is 15.9 Å². The maximum Gasteiger partial charge on any atom is 0.417 e. The number of benzene rings is 2. The number of ether oxygens (including phenoxy) is 1. The monoisotopic (exact) mass is 470 g/mol. The molecule has 0 aliphatic heterocycles. The van der Waals surface area contributed by atoms with Crippen LogP contribution in [0.15, 0.2) is 52.0 Å². The van der Waals surface area contributed by atoms with Crippen LogP contribution in [-0.4, -0.2) is 18.7 Å². The summed E-state index contributed by atoms with van der Waals surface area (Å²) in [6.07, 6.45) is 0.994. The largest absolute Gasteiger partial charge is 0.493 e. The summed E-state index contributed by atoms with van der Waals surface area (Å²) < 4.78 is 45.7. The molecule has 0 bridgehead atoms. The second-order valence-corrected chi connectivity index (χ2v) is 7.25. The van der Waals surface area contributed by atoms with Gasteiger partial charge in [0.05, 0.1) is 23.9 Å². The Morgan fingerprint density at radius 1 is 1.17 bits per heavy atom. The van der Waals surface area contributed by atoms with Crippen LogP contribution in [0, 0.1) is 0 Å². The van der Waals surface area contributed by atoms with Crippen molar-refractivity contribution in [1.82, 2.24) is 5.43 Å². The summed E-state index contributed by atoms with van der Waals surface area (Å²) in [5.41, 5.74) is 1.25. The molecule has 8 heteroatoms. The van der Waals surface area contributed by atoms with E-state index in [1.807, 2.05) is 6.07 Å². The smallest absolute Gasteiger partial charge is 0.417 e. The molecule has 0 spiro atoms. The minimum atomic E-state index is -4.62. The highest BCUT2D eigenvalue weighted by molar-refractivity contribution is 9.10. The van der Waals surface area contributed by atoms with Gasteiger partial charge in [-0.2, -0.15) is 18.3 Å². The van der Waals surface area contributed by atoms with Crippen molar-refractivity contribution in [2.24, 2.45) is 5.10 Å². The van der Waals surface area contributed by atoms with Crippen molar-refractivity contribution in [2.75, 3.05) is 6.61 Å². The zero-order valence-corrected chi connectivity index (χ0v) is 17.5. The number of alkyl halides is 3. The molecule has 0 aliphatic carbocycles. The number of nitrogens with zero attached hydrogens (tertiary/aromatic N) is 1. The summed E-state index contributed by atoms with van der Waals surface area (Å²) >= 11 is 3.36. The van der Waals surface area contributed by atoms with E-state index in [0.29, 0.717) is 17.9 Å². The number of hydrogen-bond acceptors (Lipinski definition) is 3. The third-order valence-electron chi connectivity index (χ3n) is 4.07. The van der Waals surface area contributed by atoms with Crippen LogP contribution in [-0.2, 0) is 6.18 Å². The third kappa shape index (κ3) is 7.20. The van der Waals surface area contributed by atoms with Gasteiger partial charge in [0.15, 0.2) is 0 Å². The number of halogens is 4. The van der Waals surface area contributed by atoms with Crippen molar-refractivity contribution in [3.8, 4) is 5.75 Å². The Hall–Kier alpha value is -2.35. The van der Waals surface area contributed by atoms with Gasteiger partial charge in [0.1, 0.15) is 5.75 Å². The third-order valence-corrected chi connectivity index (χ3v) is 4.57. The van der Waals surface area contributed by atoms with Crippen LogP contribution in [0.1, 0.15) is 54.1 Å². The number of rotatable bonds is 9. The summed E-state index contributed by atoms with van der Waals surface area (Å²) in [6.45, 7) is 2.68. The number of unbranched alkanes of at least 4 members (excludes halogenated alkanes) is 3. The van der Waals surface area contributed by atoms with Gasteiger partial charge in [-0.05, 0) is 36.8 Å². The first-order valence-electron chi connectivity index (χ1n) is 9.25. The fourth-order valence-electron chi connectivity index (χ4n) is 2.61. The van der Waals surface area contributed by atoms with E-state index < -0.39 is 23.2 Å². The molecular weight excluding hydrogens is 449 g/mol. The maximum absolute atomic E-state index is 13.0. The Bertz CT molecular complexity index is 854. The first-order valence-corrected chi connectivity index (χ1v) is 10.0. The van der Waals surface area contributed by atoms with Gasteiger partial charge in [-0.25, -0.2) is 5.43 Å². The minimum absolute atomic E-state index is 0.487. The number of amides is 1. The molecule has 0 aliphatic rings. The highest BCUT2D eigenvalue weighted by Crippen LogP contribution is 2.31. The van der Waals surface area contributed by atoms with E-state index in [2.05, 4.69) is 33.4 Å². The lowest BCUT2D eigenvalue weighted by Gasteiger charge is -2.11. The van der Waals surface area contributed by atoms with E-state index >= 15 is 0 Å². The second-order valence-electron chi connectivity index (χ2n) is 6.33. The fraction of sp³-hybridized carbons (Fsp3) is 0.333. The molecule has 0 unspecified atom stereocenters. The molecule has 0 saturated carbocycles. The molecule has 1 amide bonds. The van der Waals surface area contributed by atoms with Gasteiger partial charge in [0.2, 0.25) is 0 Å². The molecule has 4 nitrogen and oxygen atoms in total. The molecule has 0 radical (unpaired) electrons. The number of hydrogen-bond donors (Lipinski definition) is 1. The Labute approximate surface area is 176 Å². The van der Waals surface area contributed by atoms with Gasteiger partial charge in [-0.3, -0.25) is 4.79 Å². The lowest BCUT2D eigenvalue weighted by atomic mass is 10.1. The molecule has 0 heterocycles. The second kappa shape index (κ2) is 11.0. The van der Waals surface area contributed by atoms with E-state index in [9.17, 15) is 18.0 Å². The van der Waals surface area contributed by atoms with E-state index in [4.69, 9.17) is 4.74 Å². The Balaban J connectivity index is 2.07. The van der Waals surface area contributed by atoms with E-state index in [0.717, 1.165) is 42.3 Å². The van der Waals surface area contributed by atoms with Gasteiger partial charge in [0, 0.05) is 10.0 Å². The van der Waals surface area contributed by atoms with Crippen LogP contribution in [0.5, 0.6) is 5.75 Å². The van der Waals surface area contributed by atoms with Crippen molar-refractivity contribution in [2.45, 2.75) is 38.8 Å². The first-order chi connectivity index (χ1) is 13.8. The van der Waals surface area contributed by atoms with Crippen LogP contribution in [0.25, 0.3) is 0 Å². The fourth-order valence-corrected chi connectivity index (χ4v) is 2.99. The van der Waals surface area contributed by atoms with Crippen LogP contribution in [0.3, 0.4) is 0 Å². The molecule has 0 saturated heterocycles. The molecule has 2 rings (SSSR count). The van der Waals surface area contributed by atoms with Crippen LogP contribution in [0.4, 0.5) is 13.2 Å². The highest BCUT2D eigenvalue weighted by atomic mass is 79.9. The van der Waals surface area contributed by atoms with Crippen molar-refractivity contribution < 1.29 is 22.7 Å². The van der Waals surface area contributed by atoms with Crippen molar-refractivity contribution >= 4 is 28.1 Å². The van der Waals surface area contributed by atoms with Gasteiger partial charge >= 0.3 is 6.18 Å². The quantitative estimate of drug-likeness (QED) is 0.269. The molecule has 2 aromatic carbocycles. The highest BCUT2D eigenvalue weighted by Gasteiger charge is 2.34. The van der Waals surface area contributed by atoms with Gasteiger partial charge in [0.25, 0.3) is 5.91 Å². The van der Waals surface area contributed by atoms with Crippen molar-refractivity contribution in [1.29, 1.82) is 0 Å². The minimum Gasteiger partial charge on any atom is -0.493 e. The average Bonchev–Trinajstić information content (AvgIpc) is 2.68. The van der Waals surface area contributed by atoms with E-state index in [1.54, 1.807) is 12.1 Å². The van der Waals surface area contributed by atoms with Crippen LogP contribution < -0.4 is 10.2 Å². The lowest BCUT2D eigenvalue weighted by molar-refractivity contribution is -0.137. The summed E-state index contributed by atoms with van der Waals surface area (Å²) in [6, 6.07) is 9.90. The normalized spacial score (nSPS) is 11.6. The number of hydrazone groups is 1. The van der Waals surface area contributed by atoms with Crippen molar-refractivity contribution in [3.05, 3.63) is 63.6 Å². The Morgan fingerprint density at radius 3 is 2.66 bits per heavy atom. The zero-order chi connectivity index (χ0) is 21.3. The van der Waals surface area contributed by atoms with Gasteiger partial charge in [-0.15, -0.1) is 0 Å². The SMILES string of the molecule is CCCCCCOc1ccc(Br)cc1/C=N/NC(=O)c1ccccc1C(F)(F)F. The molecular formula is C21H22BrF3N2O2. The average molecular weight is 471 g/mol. The number of carbonyl (C=O) groups is 1. The van der Waals surface area contributed by atoms with Gasteiger partial charge < -0.3 is 4.74 Å². The summed E-state index contributed by atoms with van der Waals surface area (Å²) in [4.78, 5) is 12.2. The predicted octanol–water partition coefficient (Wildman–Crippen LogP) is 6.19. The summed E-state index contributed by atoms with van der Waals surface area (Å²) in [7, 11) is 0. The molecule has 29 heavy (non-hydrogen) atoms. The molecule has 2 aromatic rings. The van der Waals surface area contributed by atoms with Gasteiger partial charge in [-0.1, -0.05) is 54.2 Å². The lowest BCUT2D eigenvalue weighted by Crippen LogP contribution is -2.22. The molecule has 0 atom stereocenters. The van der Waals surface area contributed by atoms with E-state index in [-0.39, 0.29) is 0 Å². The topological polar surface area (TPSA) is 50.7 Å². The zero-order valence-electron chi connectivity index (χ0n) is 15.9. The summed E-state index contributed by atoms with van der Waals surface area (Å²) in [5, 5.41) is 3.81. The predicted molar refractivity (Wildman–Crippen MR) is 110 cm³/mol. The number of nitrogens with one attached hydrogen (secondary N) is 1. The molecule has 0 fully saturated rings. The van der Waals surface area contributed by atoms with Crippen molar-refractivity contribution in [3.63, 3.8) is 0 Å². The Kier molecular flexibility index (Phi) is 8.70. The maximum atomic E-state index is 13.0. The summed E-state index contributed by atoms with van der Waals surface area (Å²) in [5.74, 6) is -0.357. The van der Waals surface area contributed by atoms with Crippen LogP contribution in [0.2, 0.25) is 0 Å². The molecule has 1 N–H and O–H groups in total. The molecule has 0 aromatic heterocycles. The van der Waals surface area contributed by atoms with E-state index in [1.165, 1.54) is 18.3 Å². The Morgan fingerprint density at radius 2 is 1.93 bits per heavy atom. The standard InChI is InChI=1S/C21H22BrF3N2O2/c1-2-3-4-7-12-29-19-11-10-16(22)13-15(19)14-26-27-20(28)17-8-5-6-9-18(17)21(23,24)25/h5-6,8-11,13-14H,2-4,7,12H2,1H3,(H,27,28)/b26-14+.